The number of esters is 1. The molecule has 0 spiro atoms. The number of alkyl halides is 2. The molecular weight excluding hydrogens is 671 g/mol. The number of piperidine rings is 1. The van der Waals surface area contributed by atoms with Gasteiger partial charge in [-0.2, -0.15) is 0 Å². The van der Waals surface area contributed by atoms with Crippen LogP contribution in [0.5, 0.6) is 0 Å². The highest BCUT2D eigenvalue weighted by molar-refractivity contribution is 5.81. The summed E-state index contributed by atoms with van der Waals surface area (Å²) in [5, 5.41) is 13.9. The highest BCUT2D eigenvalue weighted by atomic mass is 19.3. The van der Waals surface area contributed by atoms with Gasteiger partial charge >= 0.3 is 11.9 Å². The monoisotopic (exact) mass is 743 g/mol. The molecule has 7 aliphatic carbocycles. The van der Waals surface area contributed by atoms with E-state index in [0.29, 0.717) is 48.6 Å². The summed E-state index contributed by atoms with van der Waals surface area (Å²) in [6.45, 7) is 22.0. The van der Waals surface area contributed by atoms with Crippen molar-refractivity contribution in [3.05, 3.63) is 0 Å². The molecule has 7 saturated carbocycles. The number of hydrogen-bond acceptors (Lipinski definition) is 5. The second kappa shape index (κ2) is 12.4. The molecule has 1 saturated heterocycles. The van der Waals surface area contributed by atoms with Gasteiger partial charge in [0.25, 0.3) is 5.92 Å². The van der Waals surface area contributed by atoms with Gasteiger partial charge < -0.3 is 20.1 Å². The smallest absolute Gasteiger partial charge is 0.309 e. The van der Waals surface area contributed by atoms with Crippen molar-refractivity contribution >= 4 is 11.9 Å². The maximum atomic E-state index is 13.9. The molecule has 0 amide bonds. The molecule has 12 atom stereocenters. The molecule has 6 nitrogen and oxygen atoms in total. The topological polar surface area (TPSA) is 78.9 Å². The lowest BCUT2D eigenvalue weighted by atomic mass is 9.32. The third-order valence-corrected chi connectivity index (χ3v) is 19.9. The first-order valence-electron chi connectivity index (χ1n) is 21.9. The molecule has 0 aromatic rings. The molecule has 0 aromatic carbocycles. The van der Waals surface area contributed by atoms with Crippen LogP contribution in [0.25, 0.3) is 0 Å². The van der Waals surface area contributed by atoms with E-state index in [0.717, 1.165) is 31.8 Å². The average molecular weight is 743 g/mol. The Morgan fingerprint density at radius 1 is 0.717 bits per heavy atom. The Kier molecular flexibility index (Phi) is 9.00. The maximum absolute atomic E-state index is 13.9. The Labute approximate surface area is 319 Å². The summed E-state index contributed by atoms with van der Waals surface area (Å²) in [6, 6.07) is 0. The fourth-order valence-electron chi connectivity index (χ4n) is 16.0. The van der Waals surface area contributed by atoms with Gasteiger partial charge in [0.05, 0.1) is 11.8 Å². The van der Waals surface area contributed by atoms with Gasteiger partial charge in [0.1, 0.15) is 6.10 Å². The minimum Gasteiger partial charge on any atom is -0.481 e. The van der Waals surface area contributed by atoms with E-state index in [9.17, 15) is 23.5 Å². The van der Waals surface area contributed by atoms with Crippen molar-refractivity contribution in [3.8, 4) is 0 Å². The molecule has 0 aromatic heterocycles. The summed E-state index contributed by atoms with van der Waals surface area (Å²) >= 11 is 0. The second-order valence-corrected chi connectivity index (χ2v) is 22.6. The summed E-state index contributed by atoms with van der Waals surface area (Å²) in [5.74, 6) is -1.04. The molecule has 8 fully saturated rings. The highest BCUT2D eigenvalue weighted by Crippen LogP contribution is 2.78. The number of carbonyl (C=O) groups excluding carboxylic acids is 1. The zero-order chi connectivity index (χ0) is 38.2. The van der Waals surface area contributed by atoms with Gasteiger partial charge in [0.2, 0.25) is 0 Å². The summed E-state index contributed by atoms with van der Waals surface area (Å²) in [4.78, 5) is 27.7. The van der Waals surface area contributed by atoms with Gasteiger partial charge in [-0.25, -0.2) is 8.78 Å². The van der Waals surface area contributed by atoms with E-state index < -0.39 is 23.2 Å². The van der Waals surface area contributed by atoms with Crippen LogP contribution in [0.1, 0.15) is 152 Å². The standard InChI is InChI=1S/C45H72F2N2O4/c1-38(2)30(36(50)51)27-31(38)37(52)53-34-13-14-41(6)32(39(34,3)4)12-15-43(8)33(41)10-9-29-35-28(40(5)17-18-40)11-16-44(35,20-19-42(29,43)7)48-23-26-49-24-21-45(46,47)22-25-49/h28-35,48H,9-27H2,1-8H3,(H,50,51)/t28-,29-,30+,31-,32+,33-,34+,35-,41+,42-,43-,44+/m1/s1. The fraction of sp³-hybridized carbons (Fsp3) is 0.956. The molecule has 1 aliphatic heterocycles. The van der Waals surface area contributed by atoms with Gasteiger partial charge in [-0.05, 0) is 140 Å². The minimum atomic E-state index is -2.49. The molecule has 300 valence electrons. The van der Waals surface area contributed by atoms with Crippen molar-refractivity contribution < 1.29 is 28.2 Å². The van der Waals surface area contributed by atoms with Crippen molar-refractivity contribution in [2.75, 3.05) is 26.2 Å². The van der Waals surface area contributed by atoms with Crippen LogP contribution < -0.4 is 5.32 Å². The summed E-state index contributed by atoms with van der Waals surface area (Å²) in [7, 11) is 0. The molecule has 0 radical (unpaired) electrons. The molecule has 0 unspecified atom stereocenters. The number of likely N-dealkylation sites (tertiary alicyclic amines) is 1. The van der Waals surface area contributed by atoms with Crippen LogP contribution in [0.4, 0.5) is 8.78 Å². The van der Waals surface area contributed by atoms with Crippen molar-refractivity contribution in [2.45, 2.75) is 169 Å². The second-order valence-electron chi connectivity index (χ2n) is 22.6. The largest absolute Gasteiger partial charge is 0.481 e. The van der Waals surface area contributed by atoms with E-state index in [2.05, 4.69) is 51.8 Å². The molecule has 0 bridgehead atoms. The zero-order valence-corrected chi connectivity index (χ0v) is 34.4. The summed E-state index contributed by atoms with van der Waals surface area (Å²) < 4.78 is 34.3. The number of halogens is 2. The molecule has 53 heavy (non-hydrogen) atoms. The van der Waals surface area contributed by atoms with Crippen LogP contribution in [-0.2, 0) is 14.3 Å². The number of rotatable bonds is 8. The van der Waals surface area contributed by atoms with E-state index >= 15 is 0 Å². The average Bonchev–Trinajstić information content (AvgIpc) is 3.69. The van der Waals surface area contributed by atoms with Crippen LogP contribution in [0.2, 0.25) is 0 Å². The number of aliphatic carboxylic acids is 1. The Bertz CT molecular complexity index is 1470. The molecular formula is C45H72F2N2O4. The number of carboxylic acids is 1. The number of nitrogens with zero attached hydrogens (tertiary/aromatic N) is 1. The predicted octanol–water partition coefficient (Wildman–Crippen LogP) is 9.60. The number of carbonyl (C=O) groups is 2. The molecule has 8 heteroatoms. The van der Waals surface area contributed by atoms with Gasteiger partial charge in [-0.1, -0.05) is 55.4 Å². The lowest BCUT2D eigenvalue weighted by molar-refractivity contribution is -0.249. The quantitative estimate of drug-likeness (QED) is 0.241. The third kappa shape index (κ3) is 5.67. The first-order valence-corrected chi connectivity index (χ1v) is 21.9. The Morgan fingerprint density at radius 3 is 2.06 bits per heavy atom. The number of fused-ring (bicyclic) bond motifs is 7. The molecule has 8 rings (SSSR count). The molecule has 1 heterocycles. The van der Waals surface area contributed by atoms with E-state index in [1.165, 1.54) is 64.2 Å². The van der Waals surface area contributed by atoms with Gasteiger partial charge in [-0.15, -0.1) is 0 Å². The van der Waals surface area contributed by atoms with E-state index in [4.69, 9.17) is 4.74 Å². The zero-order valence-electron chi connectivity index (χ0n) is 34.4. The minimum absolute atomic E-state index is 0.00206. The molecule has 8 aliphatic rings. The van der Waals surface area contributed by atoms with Crippen LogP contribution in [-0.4, -0.2) is 65.7 Å². The fourth-order valence-corrected chi connectivity index (χ4v) is 16.0. The van der Waals surface area contributed by atoms with Gasteiger partial charge in [0.15, 0.2) is 0 Å². The van der Waals surface area contributed by atoms with Crippen LogP contribution in [0.3, 0.4) is 0 Å². The van der Waals surface area contributed by atoms with Crippen molar-refractivity contribution in [1.29, 1.82) is 0 Å². The lowest BCUT2D eigenvalue weighted by Gasteiger charge is -2.73. The normalized spacial score (nSPS) is 48.9. The number of hydrogen-bond donors (Lipinski definition) is 2. The Balaban J connectivity index is 0.998. The Hall–Kier alpha value is -1.28. The van der Waals surface area contributed by atoms with E-state index in [1.54, 1.807) is 0 Å². The van der Waals surface area contributed by atoms with Crippen molar-refractivity contribution in [2.24, 2.45) is 73.9 Å². The molecule has 2 N–H and O–H groups in total. The predicted molar refractivity (Wildman–Crippen MR) is 203 cm³/mol. The van der Waals surface area contributed by atoms with E-state index in [-0.39, 0.29) is 58.0 Å². The Morgan fingerprint density at radius 2 is 1.42 bits per heavy atom. The van der Waals surface area contributed by atoms with Crippen molar-refractivity contribution in [3.63, 3.8) is 0 Å². The number of nitrogens with one attached hydrogen (secondary N) is 1. The number of carboxylic acid groups (broad SMARTS) is 1. The first-order chi connectivity index (χ1) is 24.6. The SMILES string of the molecule is CC1([C@@H]2CC[C@]3(NCCN4CCC(F)(F)CC4)CC[C@]4(C)[C@H](CC[C@@H]5[C@@]6(C)CC[C@H](OC(=O)[C@H]7C[C@@H](C(=O)O)C7(C)C)C(C)(C)[C@@H]6CC[C@]54C)[C@@H]23)CC1. The summed E-state index contributed by atoms with van der Waals surface area (Å²) in [5.41, 5.74) is 0.652. The van der Waals surface area contributed by atoms with Gasteiger partial charge in [-0.3, -0.25) is 9.59 Å². The van der Waals surface area contributed by atoms with Crippen LogP contribution in [0, 0.1) is 73.9 Å². The summed E-state index contributed by atoms with van der Waals surface area (Å²) in [6.07, 6.45) is 15.1. The van der Waals surface area contributed by atoms with Crippen LogP contribution in [0.15, 0.2) is 0 Å². The van der Waals surface area contributed by atoms with Crippen molar-refractivity contribution in [1.82, 2.24) is 10.2 Å². The van der Waals surface area contributed by atoms with Crippen LogP contribution >= 0.6 is 0 Å². The maximum Gasteiger partial charge on any atom is 0.309 e. The lowest BCUT2D eigenvalue weighted by Crippen LogP contribution is -2.69. The highest BCUT2D eigenvalue weighted by Gasteiger charge is 2.72. The van der Waals surface area contributed by atoms with E-state index in [1.807, 2.05) is 13.8 Å². The third-order valence-electron chi connectivity index (χ3n) is 19.9. The van der Waals surface area contributed by atoms with Gasteiger partial charge in [0, 0.05) is 50.0 Å². The number of ether oxygens (including phenoxy) is 1. The first kappa shape index (κ1) is 38.6.